The van der Waals surface area contributed by atoms with Crippen molar-refractivity contribution in [1.82, 2.24) is 14.5 Å². The van der Waals surface area contributed by atoms with Crippen LogP contribution < -0.4 is 10.6 Å². The number of aromatic nitrogens is 3. The van der Waals surface area contributed by atoms with E-state index in [0.29, 0.717) is 5.82 Å². The van der Waals surface area contributed by atoms with Crippen molar-refractivity contribution in [3.05, 3.63) is 72.7 Å². The SMILES string of the molecule is Cn1c(Nc2ccccc2)nc2cnc(Nc3ccc(F)cc3)cc21. The van der Waals surface area contributed by atoms with Gasteiger partial charge >= 0.3 is 0 Å². The Labute approximate surface area is 144 Å². The minimum Gasteiger partial charge on any atom is -0.340 e. The summed E-state index contributed by atoms with van der Waals surface area (Å²) >= 11 is 0. The molecule has 0 bridgehead atoms. The van der Waals surface area contributed by atoms with Gasteiger partial charge in [0.15, 0.2) is 0 Å². The molecule has 0 unspecified atom stereocenters. The maximum absolute atomic E-state index is 13.0. The highest BCUT2D eigenvalue weighted by atomic mass is 19.1. The van der Waals surface area contributed by atoms with E-state index in [1.807, 2.05) is 48.0 Å². The van der Waals surface area contributed by atoms with Crippen LogP contribution in [0.3, 0.4) is 0 Å². The first-order valence-electron chi connectivity index (χ1n) is 7.86. The summed E-state index contributed by atoms with van der Waals surface area (Å²) in [6.45, 7) is 0. The molecule has 0 aliphatic carbocycles. The summed E-state index contributed by atoms with van der Waals surface area (Å²) in [5, 5.41) is 6.47. The van der Waals surface area contributed by atoms with Gasteiger partial charge in [-0.2, -0.15) is 0 Å². The Hall–Kier alpha value is -3.41. The molecule has 0 saturated heterocycles. The van der Waals surface area contributed by atoms with Gasteiger partial charge in [-0.15, -0.1) is 0 Å². The van der Waals surface area contributed by atoms with E-state index in [2.05, 4.69) is 20.6 Å². The summed E-state index contributed by atoms with van der Waals surface area (Å²) in [5.41, 5.74) is 3.49. The average Bonchev–Trinajstić information content (AvgIpc) is 2.94. The lowest BCUT2D eigenvalue weighted by Gasteiger charge is -2.07. The maximum atomic E-state index is 13.0. The molecule has 0 radical (unpaired) electrons. The number of hydrogen-bond donors (Lipinski definition) is 2. The zero-order valence-electron chi connectivity index (χ0n) is 13.6. The van der Waals surface area contributed by atoms with Crippen LogP contribution in [0.4, 0.5) is 27.5 Å². The Morgan fingerprint density at radius 3 is 2.40 bits per heavy atom. The molecule has 4 rings (SSSR count). The third-order valence-electron chi connectivity index (χ3n) is 3.91. The molecule has 0 aliphatic rings. The van der Waals surface area contributed by atoms with E-state index in [-0.39, 0.29) is 5.82 Å². The highest BCUT2D eigenvalue weighted by molar-refractivity contribution is 5.82. The molecule has 2 aromatic heterocycles. The number of hydrogen-bond acceptors (Lipinski definition) is 4. The number of anilines is 4. The van der Waals surface area contributed by atoms with Gasteiger partial charge in [0.1, 0.15) is 17.2 Å². The standard InChI is InChI=1S/C19H16FN5/c1-25-17-11-18(22-15-9-7-13(20)8-10-15)21-12-16(17)24-19(25)23-14-5-3-2-4-6-14/h2-12H,1H3,(H,21,22)(H,23,24). The number of rotatable bonds is 4. The molecule has 0 saturated carbocycles. The van der Waals surface area contributed by atoms with Crippen LogP contribution in [0.25, 0.3) is 11.0 Å². The van der Waals surface area contributed by atoms with Crippen LogP contribution >= 0.6 is 0 Å². The van der Waals surface area contributed by atoms with Crippen molar-refractivity contribution in [2.45, 2.75) is 0 Å². The molecule has 0 aliphatic heterocycles. The second-order valence-electron chi connectivity index (χ2n) is 5.68. The summed E-state index contributed by atoms with van der Waals surface area (Å²) in [6, 6.07) is 18.0. The molecular weight excluding hydrogens is 317 g/mol. The van der Waals surface area contributed by atoms with Gasteiger partial charge in [-0.25, -0.2) is 14.4 Å². The number of aryl methyl sites for hydroxylation is 1. The first-order valence-corrected chi connectivity index (χ1v) is 7.86. The number of imidazole rings is 1. The van der Waals surface area contributed by atoms with E-state index in [1.54, 1.807) is 18.3 Å². The van der Waals surface area contributed by atoms with Gasteiger partial charge < -0.3 is 15.2 Å². The summed E-state index contributed by atoms with van der Waals surface area (Å²) in [6.07, 6.45) is 1.72. The molecule has 124 valence electrons. The average molecular weight is 333 g/mol. The Morgan fingerprint density at radius 2 is 1.64 bits per heavy atom. The molecule has 6 heteroatoms. The fourth-order valence-electron chi connectivity index (χ4n) is 2.61. The molecule has 4 aromatic rings. The van der Waals surface area contributed by atoms with E-state index >= 15 is 0 Å². The lowest BCUT2D eigenvalue weighted by atomic mass is 10.3. The predicted molar refractivity (Wildman–Crippen MR) is 97.9 cm³/mol. The molecule has 2 aromatic carbocycles. The molecule has 0 spiro atoms. The van der Waals surface area contributed by atoms with Gasteiger partial charge in [-0.3, -0.25) is 0 Å². The number of para-hydroxylation sites is 1. The number of nitrogens with zero attached hydrogens (tertiary/aromatic N) is 3. The van der Waals surface area contributed by atoms with Crippen LogP contribution in [0.15, 0.2) is 66.9 Å². The van der Waals surface area contributed by atoms with Crippen LogP contribution in [-0.4, -0.2) is 14.5 Å². The van der Waals surface area contributed by atoms with Gasteiger partial charge in [-0.05, 0) is 36.4 Å². The number of nitrogens with one attached hydrogen (secondary N) is 2. The van der Waals surface area contributed by atoms with Crippen molar-refractivity contribution in [1.29, 1.82) is 0 Å². The van der Waals surface area contributed by atoms with E-state index in [1.165, 1.54) is 12.1 Å². The van der Waals surface area contributed by atoms with E-state index in [9.17, 15) is 4.39 Å². The summed E-state index contributed by atoms with van der Waals surface area (Å²) < 4.78 is 15.0. The largest absolute Gasteiger partial charge is 0.340 e. The second-order valence-corrected chi connectivity index (χ2v) is 5.68. The van der Waals surface area contributed by atoms with Gasteiger partial charge in [0.2, 0.25) is 5.95 Å². The highest BCUT2D eigenvalue weighted by Gasteiger charge is 2.09. The van der Waals surface area contributed by atoms with Gasteiger partial charge in [0, 0.05) is 24.5 Å². The van der Waals surface area contributed by atoms with Crippen molar-refractivity contribution in [3.8, 4) is 0 Å². The zero-order valence-corrected chi connectivity index (χ0v) is 13.6. The molecule has 0 atom stereocenters. The maximum Gasteiger partial charge on any atom is 0.208 e. The molecule has 5 nitrogen and oxygen atoms in total. The van der Waals surface area contributed by atoms with Crippen LogP contribution in [0.1, 0.15) is 0 Å². The monoisotopic (exact) mass is 333 g/mol. The van der Waals surface area contributed by atoms with Crippen LogP contribution in [-0.2, 0) is 7.05 Å². The molecule has 25 heavy (non-hydrogen) atoms. The van der Waals surface area contributed by atoms with Gasteiger partial charge in [0.05, 0.1) is 11.7 Å². The summed E-state index contributed by atoms with van der Waals surface area (Å²) in [4.78, 5) is 8.96. The minimum absolute atomic E-state index is 0.266. The number of pyridine rings is 1. The van der Waals surface area contributed by atoms with Crippen LogP contribution in [0.2, 0.25) is 0 Å². The van der Waals surface area contributed by atoms with Crippen molar-refractivity contribution >= 4 is 34.2 Å². The molecular formula is C19H16FN5. The van der Waals surface area contributed by atoms with Crippen LogP contribution in [0.5, 0.6) is 0 Å². The smallest absolute Gasteiger partial charge is 0.208 e. The third-order valence-corrected chi connectivity index (χ3v) is 3.91. The highest BCUT2D eigenvalue weighted by Crippen LogP contribution is 2.24. The van der Waals surface area contributed by atoms with Crippen molar-refractivity contribution in [2.75, 3.05) is 10.6 Å². The molecule has 2 N–H and O–H groups in total. The Morgan fingerprint density at radius 1 is 0.920 bits per heavy atom. The Kier molecular flexibility index (Phi) is 3.78. The van der Waals surface area contributed by atoms with Gasteiger partial charge in [-0.1, -0.05) is 18.2 Å². The fraction of sp³-hybridized carbons (Fsp3) is 0.0526. The van der Waals surface area contributed by atoms with Crippen molar-refractivity contribution in [3.63, 3.8) is 0 Å². The number of halogens is 1. The Balaban J connectivity index is 1.64. The Bertz CT molecular complexity index is 1010. The lowest BCUT2D eigenvalue weighted by molar-refractivity contribution is 0.628. The predicted octanol–water partition coefficient (Wildman–Crippen LogP) is 4.59. The van der Waals surface area contributed by atoms with E-state index in [4.69, 9.17) is 0 Å². The van der Waals surface area contributed by atoms with E-state index in [0.717, 1.165) is 28.4 Å². The number of benzene rings is 2. The van der Waals surface area contributed by atoms with Crippen molar-refractivity contribution < 1.29 is 4.39 Å². The quantitative estimate of drug-likeness (QED) is 0.573. The topological polar surface area (TPSA) is 54.8 Å². The second kappa shape index (κ2) is 6.24. The first-order chi connectivity index (χ1) is 12.2. The molecule has 0 fully saturated rings. The van der Waals surface area contributed by atoms with E-state index < -0.39 is 0 Å². The lowest BCUT2D eigenvalue weighted by Crippen LogP contribution is -1.99. The normalized spacial score (nSPS) is 10.8. The van der Waals surface area contributed by atoms with Crippen molar-refractivity contribution in [2.24, 2.45) is 7.05 Å². The minimum atomic E-state index is -0.266. The first kappa shape index (κ1) is 15.1. The molecule has 0 amide bonds. The van der Waals surface area contributed by atoms with Gasteiger partial charge in [0.25, 0.3) is 0 Å². The molecule has 2 heterocycles. The number of fused-ring (bicyclic) bond motifs is 1. The van der Waals surface area contributed by atoms with Crippen LogP contribution in [0, 0.1) is 5.82 Å². The summed E-state index contributed by atoms with van der Waals surface area (Å²) in [7, 11) is 1.95. The summed E-state index contributed by atoms with van der Waals surface area (Å²) in [5.74, 6) is 1.15. The third kappa shape index (κ3) is 3.14. The fourth-order valence-corrected chi connectivity index (χ4v) is 2.61. The zero-order chi connectivity index (χ0) is 17.2.